The van der Waals surface area contributed by atoms with Gasteiger partial charge in [-0.15, -0.1) is 0 Å². The molecule has 1 aromatic carbocycles. The van der Waals surface area contributed by atoms with Gasteiger partial charge in [0.25, 0.3) is 0 Å². The Labute approximate surface area is 108 Å². The largest absolute Gasteiger partial charge is 0.545 e. The Bertz CT molecular complexity index is 641. The van der Waals surface area contributed by atoms with E-state index in [0.29, 0.717) is 5.56 Å². The Morgan fingerprint density at radius 1 is 1.42 bits per heavy atom. The van der Waals surface area contributed by atoms with E-state index in [1.807, 2.05) is 6.07 Å². The third-order valence-corrected chi connectivity index (χ3v) is 2.55. The molecule has 6 heteroatoms. The number of aromatic nitrogens is 2. The second kappa shape index (κ2) is 5.31. The van der Waals surface area contributed by atoms with Crippen LogP contribution in [0.15, 0.2) is 30.5 Å². The van der Waals surface area contributed by atoms with E-state index in [2.05, 4.69) is 5.10 Å². The quantitative estimate of drug-likeness (QED) is 0.818. The van der Waals surface area contributed by atoms with Gasteiger partial charge in [0.05, 0.1) is 25.0 Å². The molecule has 2 rings (SSSR count). The summed E-state index contributed by atoms with van der Waals surface area (Å²) in [5.41, 5.74) is 0.610. The molecule has 0 saturated heterocycles. The van der Waals surface area contributed by atoms with Gasteiger partial charge in [-0.25, -0.2) is 4.39 Å². The van der Waals surface area contributed by atoms with E-state index in [1.165, 1.54) is 35.1 Å². The molecule has 5 nitrogen and oxygen atoms in total. The molecule has 0 aliphatic carbocycles. The molecule has 96 valence electrons. The van der Waals surface area contributed by atoms with E-state index in [4.69, 9.17) is 5.26 Å². The molecule has 1 heterocycles. The second-order valence-electron chi connectivity index (χ2n) is 3.86. The SMILES string of the molecule is N#CCCn1cc(C(=O)[O-])c(-c2ccc(F)cc2)n1. The fraction of sp³-hybridized carbons (Fsp3) is 0.154. The molecular weight excluding hydrogens is 249 g/mol. The highest BCUT2D eigenvalue weighted by molar-refractivity contribution is 5.93. The van der Waals surface area contributed by atoms with Crippen molar-refractivity contribution in [1.29, 1.82) is 5.26 Å². The first-order chi connectivity index (χ1) is 9.11. The Morgan fingerprint density at radius 2 is 2.11 bits per heavy atom. The number of nitriles is 1. The molecule has 0 N–H and O–H groups in total. The summed E-state index contributed by atoms with van der Waals surface area (Å²) in [4.78, 5) is 11.0. The maximum atomic E-state index is 12.8. The predicted molar refractivity (Wildman–Crippen MR) is 62.2 cm³/mol. The van der Waals surface area contributed by atoms with Crippen molar-refractivity contribution in [2.75, 3.05) is 0 Å². The highest BCUT2D eigenvalue weighted by Gasteiger charge is 2.12. The lowest BCUT2D eigenvalue weighted by Gasteiger charge is -2.02. The second-order valence-corrected chi connectivity index (χ2v) is 3.86. The number of rotatable bonds is 4. The van der Waals surface area contributed by atoms with Crippen molar-refractivity contribution in [3.63, 3.8) is 0 Å². The summed E-state index contributed by atoms with van der Waals surface area (Å²) in [5, 5.41) is 23.6. The van der Waals surface area contributed by atoms with Crippen LogP contribution in [-0.2, 0) is 6.54 Å². The van der Waals surface area contributed by atoms with Crippen molar-refractivity contribution in [3.8, 4) is 17.3 Å². The van der Waals surface area contributed by atoms with E-state index >= 15 is 0 Å². The molecule has 0 amide bonds. The third-order valence-electron chi connectivity index (χ3n) is 2.55. The number of carbonyl (C=O) groups is 1. The summed E-state index contributed by atoms with van der Waals surface area (Å²) in [6.07, 6.45) is 1.53. The van der Waals surface area contributed by atoms with Crippen LogP contribution in [0.3, 0.4) is 0 Å². The fourth-order valence-electron chi connectivity index (χ4n) is 1.67. The molecular formula is C13H9FN3O2-. The molecule has 2 aromatic rings. The zero-order valence-electron chi connectivity index (χ0n) is 9.84. The summed E-state index contributed by atoms with van der Waals surface area (Å²) in [5.74, 6) is -1.77. The zero-order valence-corrected chi connectivity index (χ0v) is 9.84. The number of nitrogens with zero attached hydrogens (tertiary/aromatic N) is 3. The van der Waals surface area contributed by atoms with Crippen LogP contribution in [0.5, 0.6) is 0 Å². The number of carboxylic acids is 1. The monoisotopic (exact) mass is 258 g/mol. The summed E-state index contributed by atoms with van der Waals surface area (Å²) in [7, 11) is 0. The van der Waals surface area contributed by atoms with Gasteiger partial charge in [0.2, 0.25) is 0 Å². The number of benzene rings is 1. The van der Waals surface area contributed by atoms with Gasteiger partial charge in [-0.1, -0.05) is 0 Å². The lowest BCUT2D eigenvalue weighted by molar-refractivity contribution is -0.254. The Hall–Kier alpha value is -2.68. The number of aryl methyl sites for hydroxylation is 1. The van der Waals surface area contributed by atoms with Gasteiger partial charge >= 0.3 is 0 Å². The average Bonchev–Trinajstić information content (AvgIpc) is 2.81. The van der Waals surface area contributed by atoms with Crippen molar-refractivity contribution >= 4 is 5.97 Å². The van der Waals surface area contributed by atoms with Crippen LogP contribution in [0, 0.1) is 17.1 Å². The Kier molecular flexibility index (Phi) is 3.57. The molecule has 0 unspecified atom stereocenters. The summed E-state index contributed by atoms with van der Waals surface area (Å²) >= 11 is 0. The van der Waals surface area contributed by atoms with Gasteiger partial charge < -0.3 is 9.90 Å². The van der Waals surface area contributed by atoms with Crippen LogP contribution >= 0.6 is 0 Å². The highest BCUT2D eigenvalue weighted by Crippen LogP contribution is 2.22. The molecule has 0 radical (unpaired) electrons. The van der Waals surface area contributed by atoms with Crippen molar-refractivity contribution < 1.29 is 14.3 Å². The van der Waals surface area contributed by atoms with Gasteiger partial charge in [-0.05, 0) is 24.3 Å². The molecule has 0 aliphatic heterocycles. The van der Waals surface area contributed by atoms with E-state index in [1.54, 1.807) is 0 Å². The average molecular weight is 258 g/mol. The molecule has 0 saturated carbocycles. The van der Waals surface area contributed by atoms with Crippen LogP contribution in [0.1, 0.15) is 16.8 Å². The Balaban J connectivity index is 2.43. The van der Waals surface area contributed by atoms with Gasteiger partial charge in [0.15, 0.2) is 0 Å². The maximum Gasteiger partial charge on any atom is 0.123 e. The number of carbonyl (C=O) groups excluding carboxylic acids is 1. The number of halogens is 1. The molecule has 1 aromatic heterocycles. The van der Waals surface area contributed by atoms with E-state index in [0.717, 1.165) is 0 Å². The minimum Gasteiger partial charge on any atom is -0.545 e. The number of carboxylic acid groups (broad SMARTS) is 1. The smallest absolute Gasteiger partial charge is 0.123 e. The van der Waals surface area contributed by atoms with Crippen molar-refractivity contribution in [3.05, 3.63) is 41.8 Å². The topological polar surface area (TPSA) is 81.7 Å². The Morgan fingerprint density at radius 3 is 2.68 bits per heavy atom. The summed E-state index contributed by atoms with van der Waals surface area (Å²) < 4.78 is 14.2. The first kappa shape index (κ1) is 12.8. The molecule has 0 aliphatic rings. The van der Waals surface area contributed by atoms with E-state index < -0.39 is 11.8 Å². The maximum absolute atomic E-state index is 12.8. The van der Waals surface area contributed by atoms with Crippen LogP contribution in [0.4, 0.5) is 4.39 Å². The normalized spacial score (nSPS) is 10.1. The van der Waals surface area contributed by atoms with E-state index in [-0.39, 0.29) is 24.2 Å². The first-order valence-electron chi connectivity index (χ1n) is 5.53. The lowest BCUT2D eigenvalue weighted by atomic mass is 10.1. The predicted octanol–water partition coefficient (Wildman–Crippen LogP) is 0.966. The number of hydrogen-bond donors (Lipinski definition) is 0. The highest BCUT2D eigenvalue weighted by atomic mass is 19.1. The van der Waals surface area contributed by atoms with Crippen LogP contribution in [0.2, 0.25) is 0 Å². The summed E-state index contributed by atoms with van der Waals surface area (Å²) in [6.45, 7) is 0.290. The van der Waals surface area contributed by atoms with Crippen LogP contribution < -0.4 is 5.11 Å². The molecule has 0 fully saturated rings. The van der Waals surface area contributed by atoms with Crippen LogP contribution in [0.25, 0.3) is 11.3 Å². The number of aromatic carboxylic acids is 1. The molecule has 19 heavy (non-hydrogen) atoms. The number of hydrogen-bond acceptors (Lipinski definition) is 4. The van der Waals surface area contributed by atoms with Crippen molar-refractivity contribution in [2.24, 2.45) is 0 Å². The first-order valence-corrected chi connectivity index (χ1v) is 5.53. The lowest BCUT2D eigenvalue weighted by Crippen LogP contribution is -2.22. The zero-order chi connectivity index (χ0) is 13.8. The fourth-order valence-corrected chi connectivity index (χ4v) is 1.67. The standard InChI is InChI=1S/C13H10FN3O2/c14-10-4-2-9(3-5-10)12-11(13(18)19)8-17(16-12)7-1-6-15/h2-5,8H,1,7H2,(H,18,19)/p-1. The minimum atomic E-state index is -1.36. The van der Waals surface area contributed by atoms with Crippen molar-refractivity contribution in [1.82, 2.24) is 9.78 Å². The van der Waals surface area contributed by atoms with Gasteiger partial charge in [-0.2, -0.15) is 10.4 Å². The van der Waals surface area contributed by atoms with Gasteiger partial charge in [0.1, 0.15) is 11.5 Å². The minimum absolute atomic E-state index is 0.0791. The van der Waals surface area contributed by atoms with Crippen LogP contribution in [-0.4, -0.2) is 15.7 Å². The van der Waals surface area contributed by atoms with Crippen molar-refractivity contribution in [2.45, 2.75) is 13.0 Å². The summed E-state index contributed by atoms with van der Waals surface area (Å²) in [6, 6.07) is 7.28. The molecule has 0 atom stereocenters. The van der Waals surface area contributed by atoms with E-state index in [9.17, 15) is 14.3 Å². The third kappa shape index (κ3) is 2.77. The molecule has 0 spiro atoms. The van der Waals surface area contributed by atoms with Gasteiger partial charge in [-0.3, -0.25) is 4.68 Å². The molecule has 0 bridgehead atoms. The van der Waals surface area contributed by atoms with Gasteiger partial charge in [0, 0.05) is 17.3 Å².